The zero-order chi connectivity index (χ0) is 14.8. The van der Waals surface area contributed by atoms with Gasteiger partial charge in [0.05, 0.1) is 21.5 Å². The zero-order valence-corrected chi connectivity index (χ0v) is 11.4. The molecule has 0 fully saturated rings. The van der Waals surface area contributed by atoms with Gasteiger partial charge in [-0.05, 0) is 25.1 Å². The molecule has 0 heterocycles. The number of halogens is 3. The monoisotopic (exact) mass is 312 g/mol. The van der Waals surface area contributed by atoms with Gasteiger partial charge in [-0.15, -0.1) is 0 Å². The number of alkyl halides is 3. The summed E-state index contributed by atoms with van der Waals surface area (Å²) in [5.41, 5.74) is 4.20. The summed E-state index contributed by atoms with van der Waals surface area (Å²) in [6, 6.07) is 2.56. The number of nitrogens with one attached hydrogen (secondary N) is 1. The van der Waals surface area contributed by atoms with E-state index < -0.39 is 32.7 Å². The van der Waals surface area contributed by atoms with E-state index in [2.05, 4.69) is 16.9 Å². The highest BCUT2D eigenvalue weighted by Crippen LogP contribution is 2.30. The van der Waals surface area contributed by atoms with Crippen LogP contribution in [0.4, 0.5) is 13.2 Å². The van der Waals surface area contributed by atoms with E-state index in [9.17, 15) is 21.6 Å². The third-order valence-corrected chi connectivity index (χ3v) is 4.12. The second kappa shape index (κ2) is 5.43. The number of hydrogen-bond acceptors (Lipinski definition) is 3. The fourth-order valence-electron chi connectivity index (χ4n) is 1.20. The fourth-order valence-corrected chi connectivity index (χ4v) is 2.60. The highest BCUT2D eigenvalue weighted by molar-refractivity contribution is 7.89. The van der Waals surface area contributed by atoms with Crippen molar-refractivity contribution in [1.82, 2.24) is 4.72 Å². The third-order valence-electron chi connectivity index (χ3n) is 2.23. The summed E-state index contributed by atoms with van der Waals surface area (Å²) in [6.45, 7) is 1.40. The maximum absolute atomic E-state index is 12.5. The minimum atomic E-state index is -4.61. The highest BCUT2D eigenvalue weighted by Gasteiger charge is 2.31. The van der Waals surface area contributed by atoms with Gasteiger partial charge < -0.3 is 5.73 Å². The van der Waals surface area contributed by atoms with E-state index >= 15 is 0 Å². The summed E-state index contributed by atoms with van der Waals surface area (Å²) in [4.78, 5) is -0.596. The molecule has 0 saturated heterocycles. The average molecular weight is 312 g/mol. The number of hydrogen-bond donors (Lipinski definition) is 2. The van der Waals surface area contributed by atoms with Crippen LogP contribution in [0.2, 0.25) is 0 Å². The number of benzene rings is 1. The van der Waals surface area contributed by atoms with Crippen molar-refractivity contribution in [1.29, 1.82) is 0 Å². The Morgan fingerprint density at radius 2 is 2.00 bits per heavy atom. The van der Waals surface area contributed by atoms with Crippen LogP contribution in [0.15, 0.2) is 29.2 Å². The second-order valence-corrected chi connectivity index (χ2v) is 5.96. The van der Waals surface area contributed by atoms with Crippen LogP contribution in [0, 0.1) is 0 Å². The van der Waals surface area contributed by atoms with Gasteiger partial charge in [0.25, 0.3) is 0 Å². The number of sulfonamides is 1. The van der Waals surface area contributed by atoms with Crippen molar-refractivity contribution in [2.45, 2.75) is 24.0 Å². The quantitative estimate of drug-likeness (QED) is 0.829. The van der Waals surface area contributed by atoms with Crippen molar-refractivity contribution in [2.75, 3.05) is 0 Å². The second-order valence-electron chi connectivity index (χ2n) is 3.77. The molecule has 9 heteroatoms. The maximum Gasteiger partial charge on any atom is 0.416 e. The van der Waals surface area contributed by atoms with Crippen molar-refractivity contribution in [2.24, 2.45) is 5.73 Å². The van der Waals surface area contributed by atoms with Crippen molar-refractivity contribution < 1.29 is 21.6 Å². The lowest BCUT2D eigenvalue weighted by molar-refractivity contribution is -0.137. The molecule has 0 spiro atoms. The molecule has 1 aromatic rings. The summed E-state index contributed by atoms with van der Waals surface area (Å²) < 4.78 is 63.2. The Morgan fingerprint density at radius 1 is 1.42 bits per heavy atom. The van der Waals surface area contributed by atoms with Crippen LogP contribution < -0.4 is 10.5 Å². The van der Waals surface area contributed by atoms with E-state index in [0.717, 1.165) is 18.2 Å². The van der Waals surface area contributed by atoms with E-state index in [4.69, 9.17) is 5.73 Å². The van der Waals surface area contributed by atoms with Gasteiger partial charge in [0.2, 0.25) is 10.0 Å². The molecule has 0 aromatic heterocycles. The maximum atomic E-state index is 12.5. The number of nitrogens with two attached hydrogens (primary N) is 1. The third kappa shape index (κ3) is 4.15. The molecule has 0 saturated carbocycles. The average Bonchev–Trinajstić information content (AvgIpc) is 2.27. The van der Waals surface area contributed by atoms with Gasteiger partial charge in [0.1, 0.15) is 0 Å². The Hall–Kier alpha value is -1.19. The van der Waals surface area contributed by atoms with Crippen LogP contribution in [0.3, 0.4) is 0 Å². The van der Waals surface area contributed by atoms with Crippen LogP contribution in [-0.2, 0) is 16.2 Å². The number of rotatable bonds is 4. The number of thiocarbonyl (C=S) groups is 1. The SMILES string of the molecule is CC(NS(=O)(=O)c1cccc(C(F)(F)F)c1)C(N)=S. The fraction of sp³-hybridized carbons (Fsp3) is 0.300. The van der Waals surface area contributed by atoms with E-state index in [1.165, 1.54) is 6.92 Å². The van der Waals surface area contributed by atoms with Crippen molar-refractivity contribution in [3.63, 3.8) is 0 Å². The standard InChI is InChI=1S/C10H11F3N2O2S2/c1-6(9(14)18)15-19(16,17)8-4-2-3-7(5-8)10(11,12)13/h2-6,15H,1H3,(H2,14,18). The molecule has 0 aliphatic rings. The van der Waals surface area contributed by atoms with Gasteiger partial charge >= 0.3 is 6.18 Å². The molecule has 19 heavy (non-hydrogen) atoms. The van der Waals surface area contributed by atoms with Crippen molar-refractivity contribution >= 4 is 27.2 Å². The molecule has 0 radical (unpaired) electrons. The Morgan fingerprint density at radius 3 is 2.47 bits per heavy atom. The lowest BCUT2D eigenvalue weighted by Crippen LogP contribution is -2.41. The van der Waals surface area contributed by atoms with Crippen LogP contribution >= 0.6 is 12.2 Å². The largest absolute Gasteiger partial charge is 0.416 e. The molecule has 106 valence electrons. The minimum absolute atomic E-state index is 0.101. The van der Waals surface area contributed by atoms with Crippen LogP contribution in [-0.4, -0.2) is 19.4 Å². The van der Waals surface area contributed by atoms with Gasteiger partial charge in [-0.2, -0.15) is 13.2 Å². The van der Waals surface area contributed by atoms with Crippen molar-refractivity contribution in [3.05, 3.63) is 29.8 Å². The highest BCUT2D eigenvalue weighted by atomic mass is 32.2. The molecular weight excluding hydrogens is 301 g/mol. The lowest BCUT2D eigenvalue weighted by Gasteiger charge is -2.14. The predicted octanol–water partition coefficient (Wildman–Crippen LogP) is 1.66. The first-order valence-corrected chi connectivity index (χ1v) is 6.92. The van der Waals surface area contributed by atoms with Gasteiger partial charge in [-0.3, -0.25) is 0 Å². The topological polar surface area (TPSA) is 72.2 Å². The molecule has 0 aliphatic heterocycles. The Kier molecular flexibility index (Phi) is 4.54. The van der Waals surface area contributed by atoms with Crippen LogP contribution in [0.1, 0.15) is 12.5 Å². The molecule has 1 unspecified atom stereocenters. The minimum Gasteiger partial charge on any atom is -0.392 e. The molecule has 0 amide bonds. The molecule has 3 N–H and O–H groups in total. The molecule has 0 aliphatic carbocycles. The first-order chi connectivity index (χ1) is 8.54. The van der Waals surface area contributed by atoms with Crippen LogP contribution in [0.25, 0.3) is 0 Å². The predicted molar refractivity (Wildman–Crippen MR) is 68.0 cm³/mol. The smallest absolute Gasteiger partial charge is 0.392 e. The summed E-state index contributed by atoms with van der Waals surface area (Å²) in [6.07, 6.45) is -4.61. The molecule has 1 atom stereocenters. The van der Waals surface area contributed by atoms with E-state index in [0.29, 0.717) is 6.07 Å². The molecule has 1 rings (SSSR count). The molecular formula is C10H11F3N2O2S2. The van der Waals surface area contributed by atoms with Gasteiger partial charge in [-0.25, -0.2) is 13.1 Å². The van der Waals surface area contributed by atoms with Crippen molar-refractivity contribution in [3.8, 4) is 0 Å². The first-order valence-electron chi connectivity index (χ1n) is 5.03. The molecule has 1 aromatic carbocycles. The van der Waals surface area contributed by atoms with Crippen LogP contribution in [0.5, 0.6) is 0 Å². The Balaban J connectivity index is 3.13. The normalized spacial score (nSPS) is 14.1. The van der Waals surface area contributed by atoms with E-state index in [1.807, 2.05) is 0 Å². The first kappa shape index (κ1) is 15.9. The molecule has 4 nitrogen and oxygen atoms in total. The summed E-state index contributed by atoms with van der Waals surface area (Å²) in [5, 5.41) is 0. The Bertz CT molecular complexity index is 585. The van der Waals surface area contributed by atoms with Gasteiger partial charge in [0, 0.05) is 0 Å². The van der Waals surface area contributed by atoms with Gasteiger partial charge in [0.15, 0.2) is 0 Å². The lowest BCUT2D eigenvalue weighted by atomic mass is 10.2. The summed E-state index contributed by atoms with van der Waals surface area (Å²) in [7, 11) is -4.10. The summed E-state index contributed by atoms with van der Waals surface area (Å²) in [5.74, 6) is 0. The summed E-state index contributed by atoms with van der Waals surface area (Å²) >= 11 is 4.59. The zero-order valence-electron chi connectivity index (χ0n) is 9.73. The van der Waals surface area contributed by atoms with E-state index in [-0.39, 0.29) is 4.99 Å². The van der Waals surface area contributed by atoms with E-state index in [1.54, 1.807) is 0 Å². The molecule has 0 bridgehead atoms. The Labute approximate surface area is 113 Å². The van der Waals surface area contributed by atoms with Gasteiger partial charge in [-0.1, -0.05) is 18.3 Å².